The summed E-state index contributed by atoms with van der Waals surface area (Å²) in [5.74, 6) is -0.155. The van der Waals surface area contributed by atoms with E-state index < -0.39 is 6.36 Å². The monoisotopic (exact) mass is 260 g/mol. The molecule has 0 bridgehead atoms. The Bertz CT molecular complexity index is 330. The average molecular weight is 260 g/mol. The van der Waals surface area contributed by atoms with Crippen LogP contribution >= 0.6 is 0 Å². The Morgan fingerprint density at radius 1 is 0.944 bits per heavy atom. The summed E-state index contributed by atoms with van der Waals surface area (Å²) in [4.78, 5) is 0. The second-order valence-corrected chi connectivity index (χ2v) is 4.36. The van der Waals surface area contributed by atoms with Crippen molar-refractivity contribution < 1.29 is 17.9 Å². The minimum Gasteiger partial charge on any atom is -0.406 e. The summed E-state index contributed by atoms with van der Waals surface area (Å²) in [6.07, 6.45) is 2.25. The first-order valence-electron chi connectivity index (χ1n) is 6.36. The van der Waals surface area contributed by atoms with Crippen molar-refractivity contribution in [1.29, 1.82) is 0 Å². The van der Waals surface area contributed by atoms with Crippen LogP contribution in [0.25, 0.3) is 0 Å². The molecule has 0 atom stereocenters. The Morgan fingerprint density at radius 3 is 2.11 bits per heavy atom. The molecule has 4 heteroatoms. The van der Waals surface area contributed by atoms with E-state index in [1.807, 2.05) is 0 Å². The van der Waals surface area contributed by atoms with Gasteiger partial charge in [0.25, 0.3) is 0 Å². The lowest BCUT2D eigenvalue weighted by Crippen LogP contribution is -2.17. The Hall–Kier alpha value is -1.19. The molecule has 18 heavy (non-hydrogen) atoms. The molecule has 0 N–H and O–H groups in total. The zero-order chi connectivity index (χ0) is 13.4. The van der Waals surface area contributed by atoms with Crippen molar-refractivity contribution in [2.24, 2.45) is 0 Å². The summed E-state index contributed by atoms with van der Waals surface area (Å²) in [5, 5.41) is 0. The molecular weight excluding hydrogens is 241 g/mol. The van der Waals surface area contributed by atoms with E-state index in [9.17, 15) is 13.2 Å². The Balaban J connectivity index is 2.32. The highest BCUT2D eigenvalue weighted by Gasteiger charge is 2.30. The number of alkyl halides is 3. The smallest absolute Gasteiger partial charge is 0.406 e. The topological polar surface area (TPSA) is 9.23 Å². The normalized spacial score (nSPS) is 11.6. The maximum absolute atomic E-state index is 11.9. The molecule has 1 aromatic carbocycles. The van der Waals surface area contributed by atoms with Crippen LogP contribution < -0.4 is 4.74 Å². The molecule has 0 spiro atoms. The third kappa shape index (κ3) is 6.52. The van der Waals surface area contributed by atoms with Crippen LogP contribution in [0.2, 0.25) is 0 Å². The van der Waals surface area contributed by atoms with Crippen LogP contribution in [0, 0.1) is 0 Å². The van der Waals surface area contributed by atoms with Gasteiger partial charge in [-0.05, 0) is 30.5 Å². The summed E-state index contributed by atoms with van der Waals surface area (Å²) in [5.41, 5.74) is 1.06. The van der Waals surface area contributed by atoms with Crippen LogP contribution in [0.4, 0.5) is 13.2 Å². The molecule has 0 amide bonds. The molecule has 0 fully saturated rings. The van der Waals surface area contributed by atoms with Gasteiger partial charge >= 0.3 is 6.36 Å². The highest BCUT2D eigenvalue weighted by atomic mass is 19.4. The Kier molecular flexibility index (Phi) is 6.02. The molecule has 1 aromatic rings. The molecule has 0 unspecified atom stereocenters. The van der Waals surface area contributed by atoms with Crippen LogP contribution in [0.3, 0.4) is 0 Å². The van der Waals surface area contributed by atoms with Gasteiger partial charge in [-0.2, -0.15) is 0 Å². The molecule has 102 valence electrons. The van der Waals surface area contributed by atoms with Gasteiger partial charge in [0.1, 0.15) is 5.75 Å². The minimum absolute atomic E-state index is 0.155. The van der Waals surface area contributed by atoms with Crippen molar-refractivity contribution in [1.82, 2.24) is 0 Å². The molecule has 0 aliphatic carbocycles. The highest BCUT2D eigenvalue weighted by molar-refractivity contribution is 5.27. The van der Waals surface area contributed by atoms with E-state index in [0.29, 0.717) is 0 Å². The van der Waals surface area contributed by atoms with Gasteiger partial charge in [0.2, 0.25) is 0 Å². The standard InChI is InChI=1S/C14H19F3O/c1-2-3-4-5-6-7-12-8-10-13(11-9-12)18-14(15,16)17/h8-11H,2-7H2,1H3. The summed E-state index contributed by atoms with van der Waals surface area (Å²) < 4.78 is 39.6. The van der Waals surface area contributed by atoms with Crippen molar-refractivity contribution in [3.8, 4) is 5.75 Å². The maximum Gasteiger partial charge on any atom is 0.573 e. The van der Waals surface area contributed by atoms with E-state index in [2.05, 4.69) is 11.7 Å². The van der Waals surface area contributed by atoms with Gasteiger partial charge < -0.3 is 4.74 Å². The lowest BCUT2D eigenvalue weighted by molar-refractivity contribution is -0.274. The molecule has 0 saturated heterocycles. The number of aryl methyl sites for hydroxylation is 1. The lowest BCUT2D eigenvalue weighted by Gasteiger charge is -2.09. The third-order valence-corrected chi connectivity index (χ3v) is 2.73. The van der Waals surface area contributed by atoms with Crippen molar-refractivity contribution in [2.75, 3.05) is 0 Å². The fourth-order valence-corrected chi connectivity index (χ4v) is 1.79. The minimum atomic E-state index is -4.61. The SMILES string of the molecule is CCCCCCCc1ccc(OC(F)(F)F)cc1. The second-order valence-electron chi connectivity index (χ2n) is 4.36. The first-order chi connectivity index (χ1) is 8.51. The fourth-order valence-electron chi connectivity index (χ4n) is 1.79. The summed E-state index contributed by atoms with van der Waals surface area (Å²) in [7, 11) is 0. The average Bonchev–Trinajstić information content (AvgIpc) is 2.29. The van der Waals surface area contributed by atoms with Gasteiger partial charge in [-0.1, -0.05) is 44.7 Å². The predicted octanol–water partition coefficient (Wildman–Crippen LogP) is 5.10. The van der Waals surface area contributed by atoms with Gasteiger partial charge in [0, 0.05) is 0 Å². The van der Waals surface area contributed by atoms with Gasteiger partial charge in [-0.25, -0.2) is 0 Å². The summed E-state index contributed by atoms with van der Waals surface area (Å²) in [6.45, 7) is 2.17. The number of halogens is 3. The zero-order valence-corrected chi connectivity index (χ0v) is 10.6. The van der Waals surface area contributed by atoms with Crippen LogP contribution in [-0.4, -0.2) is 6.36 Å². The highest BCUT2D eigenvalue weighted by Crippen LogP contribution is 2.23. The van der Waals surface area contributed by atoms with E-state index in [1.165, 1.54) is 37.8 Å². The fraction of sp³-hybridized carbons (Fsp3) is 0.571. The van der Waals surface area contributed by atoms with Crippen LogP contribution in [0.15, 0.2) is 24.3 Å². The third-order valence-electron chi connectivity index (χ3n) is 2.73. The van der Waals surface area contributed by atoms with Crippen molar-refractivity contribution in [2.45, 2.75) is 51.8 Å². The first-order valence-corrected chi connectivity index (χ1v) is 6.36. The van der Waals surface area contributed by atoms with Crippen LogP contribution in [0.5, 0.6) is 5.75 Å². The van der Waals surface area contributed by atoms with E-state index in [1.54, 1.807) is 12.1 Å². The number of hydrogen-bond acceptors (Lipinski definition) is 1. The largest absolute Gasteiger partial charge is 0.573 e. The molecule has 0 aliphatic rings. The zero-order valence-electron chi connectivity index (χ0n) is 10.6. The number of ether oxygens (including phenoxy) is 1. The molecule has 0 aliphatic heterocycles. The number of rotatable bonds is 7. The molecule has 0 saturated carbocycles. The van der Waals surface area contributed by atoms with Gasteiger partial charge in [0.05, 0.1) is 0 Å². The number of benzene rings is 1. The summed E-state index contributed by atoms with van der Waals surface area (Å²) >= 11 is 0. The molecule has 1 nitrogen and oxygen atoms in total. The second kappa shape index (κ2) is 7.29. The van der Waals surface area contributed by atoms with Crippen molar-refractivity contribution in [3.05, 3.63) is 29.8 Å². The van der Waals surface area contributed by atoms with Crippen LogP contribution in [-0.2, 0) is 6.42 Å². The van der Waals surface area contributed by atoms with Gasteiger partial charge in [0.15, 0.2) is 0 Å². The first kappa shape index (κ1) is 14.9. The van der Waals surface area contributed by atoms with Crippen LogP contribution in [0.1, 0.15) is 44.6 Å². The maximum atomic E-state index is 11.9. The Labute approximate surface area is 106 Å². The summed E-state index contributed by atoms with van der Waals surface area (Å²) in [6, 6.07) is 6.13. The number of unbranched alkanes of at least 4 members (excludes halogenated alkanes) is 4. The van der Waals surface area contributed by atoms with Crippen molar-refractivity contribution >= 4 is 0 Å². The number of hydrogen-bond donors (Lipinski definition) is 0. The predicted molar refractivity (Wildman–Crippen MR) is 65.6 cm³/mol. The quantitative estimate of drug-likeness (QED) is 0.620. The molecule has 0 heterocycles. The Morgan fingerprint density at radius 2 is 1.56 bits per heavy atom. The molecule has 0 aromatic heterocycles. The van der Waals surface area contributed by atoms with Gasteiger partial charge in [-0.3, -0.25) is 0 Å². The van der Waals surface area contributed by atoms with E-state index in [4.69, 9.17) is 0 Å². The van der Waals surface area contributed by atoms with Crippen molar-refractivity contribution in [3.63, 3.8) is 0 Å². The molecular formula is C14H19F3O. The van der Waals surface area contributed by atoms with E-state index >= 15 is 0 Å². The van der Waals surface area contributed by atoms with Gasteiger partial charge in [-0.15, -0.1) is 13.2 Å². The van der Waals surface area contributed by atoms with E-state index in [0.717, 1.165) is 18.4 Å². The lowest BCUT2D eigenvalue weighted by atomic mass is 10.1. The molecule has 0 radical (unpaired) electrons. The van der Waals surface area contributed by atoms with E-state index in [-0.39, 0.29) is 5.75 Å². The molecule has 1 rings (SSSR count).